The Kier molecular flexibility index (Phi) is 12.3. The molecule has 26 heavy (non-hydrogen) atoms. The fourth-order valence-electron chi connectivity index (χ4n) is 1.78. The van der Waals surface area contributed by atoms with Gasteiger partial charge in [0, 0.05) is 5.69 Å². The van der Waals surface area contributed by atoms with E-state index in [0.717, 1.165) is 12.1 Å². The summed E-state index contributed by atoms with van der Waals surface area (Å²) in [6, 6.07) is 3.79. The minimum atomic E-state index is 0.670. The van der Waals surface area contributed by atoms with Crippen molar-refractivity contribution >= 4 is 34.0 Å². The monoisotopic (exact) mass is 469 g/mol. The number of H-pyrrole nitrogens is 1. The average molecular weight is 469 g/mol. The average Bonchev–Trinajstić information content (AvgIpc) is 2.97. The number of aryl methyl sites for hydroxylation is 3. The molecule has 1 aromatic carbocycles. The maximum absolute atomic E-state index is 5.56. The summed E-state index contributed by atoms with van der Waals surface area (Å²) >= 11 is 2.22. The molecule has 0 saturated carbocycles. The number of nitrogen functional groups attached to an aromatic ring is 2. The smallest absolute Gasteiger partial charge is 0.0550 e. The highest BCUT2D eigenvalue weighted by Gasteiger charge is 1.96. The fourth-order valence-corrected chi connectivity index (χ4v) is 2.61. The summed E-state index contributed by atoms with van der Waals surface area (Å²) in [4.78, 5) is 0. The van der Waals surface area contributed by atoms with Gasteiger partial charge >= 0.3 is 0 Å². The van der Waals surface area contributed by atoms with E-state index < -0.39 is 0 Å². The molecule has 0 saturated heterocycles. The van der Waals surface area contributed by atoms with E-state index in [4.69, 9.17) is 17.2 Å². The molecule has 0 unspecified atom stereocenters. The lowest BCUT2D eigenvalue weighted by molar-refractivity contribution is 0.834. The second-order valence-electron chi connectivity index (χ2n) is 6.28. The van der Waals surface area contributed by atoms with Crippen molar-refractivity contribution in [3.05, 3.63) is 63.1 Å². The van der Waals surface area contributed by atoms with Crippen LogP contribution in [0.25, 0.3) is 0 Å². The van der Waals surface area contributed by atoms with Crippen LogP contribution >= 0.6 is 22.6 Å². The Morgan fingerprint density at radius 1 is 1.12 bits per heavy atom. The van der Waals surface area contributed by atoms with Gasteiger partial charge in [0.2, 0.25) is 0 Å². The van der Waals surface area contributed by atoms with Crippen molar-refractivity contribution in [2.45, 2.75) is 41.0 Å². The fraction of sp³-hybridized carbons (Fsp3) is 0.350. The molecule has 2 rings (SSSR count). The molecule has 0 aliphatic rings. The number of benzene rings is 1. The predicted molar refractivity (Wildman–Crippen MR) is 123 cm³/mol. The van der Waals surface area contributed by atoms with Crippen molar-refractivity contribution in [1.82, 2.24) is 10.2 Å². The van der Waals surface area contributed by atoms with Crippen molar-refractivity contribution < 1.29 is 0 Å². The maximum atomic E-state index is 5.56. The summed E-state index contributed by atoms with van der Waals surface area (Å²) in [5.74, 6) is 0.710. The number of rotatable bonds is 3. The molecule has 0 bridgehead atoms. The zero-order chi connectivity index (χ0) is 20.1. The van der Waals surface area contributed by atoms with Crippen LogP contribution in [0.2, 0.25) is 0 Å². The van der Waals surface area contributed by atoms with E-state index in [2.05, 4.69) is 52.7 Å². The Hall–Kier alpha value is -1.96. The van der Waals surface area contributed by atoms with Gasteiger partial charge in [-0.05, 0) is 72.2 Å². The van der Waals surface area contributed by atoms with E-state index >= 15 is 0 Å². The predicted octanol–water partition coefficient (Wildman–Crippen LogP) is 4.79. The van der Waals surface area contributed by atoms with Crippen molar-refractivity contribution in [3.63, 3.8) is 0 Å². The van der Waals surface area contributed by atoms with Crippen molar-refractivity contribution in [2.75, 3.05) is 11.5 Å². The highest BCUT2D eigenvalue weighted by molar-refractivity contribution is 14.1. The Balaban J connectivity index is 0.000000375. The Morgan fingerprint density at radius 3 is 1.96 bits per heavy atom. The Morgan fingerprint density at radius 2 is 1.65 bits per heavy atom. The third-order valence-corrected chi connectivity index (χ3v) is 3.98. The molecule has 0 radical (unpaired) electrons. The number of allylic oxidation sites excluding steroid dienone is 2. The van der Waals surface area contributed by atoms with Gasteiger partial charge in [0.15, 0.2) is 0 Å². The number of nitrogens with two attached hydrogens (primary N) is 3. The van der Waals surface area contributed by atoms with Crippen molar-refractivity contribution in [1.29, 1.82) is 0 Å². The second-order valence-corrected chi connectivity index (χ2v) is 7.00. The molecular formula is C20H32IN5. The SMILES string of the molecule is CC(C)/C=C/I.Cc1[nH]ncc1C/C=C\N.Cc1cc(N)c(N)cc1C. The number of anilines is 2. The van der Waals surface area contributed by atoms with Crippen LogP contribution in [0, 0.1) is 26.7 Å². The van der Waals surface area contributed by atoms with Gasteiger partial charge in [-0.2, -0.15) is 5.10 Å². The second kappa shape index (κ2) is 13.3. The van der Waals surface area contributed by atoms with E-state index in [9.17, 15) is 0 Å². The zero-order valence-electron chi connectivity index (χ0n) is 16.4. The number of hydrogen-bond acceptors (Lipinski definition) is 4. The van der Waals surface area contributed by atoms with Gasteiger partial charge in [-0.1, -0.05) is 48.6 Å². The van der Waals surface area contributed by atoms with Crippen LogP contribution in [0.15, 0.2) is 40.8 Å². The van der Waals surface area contributed by atoms with Crippen LogP contribution in [-0.2, 0) is 6.42 Å². The van der Waals surface area contributed by atoms with Crippen molar-refractivity contribution in [2.24, 2.45) is 11.7 Å². The van der Waals surface area contributed by atoms with Gasteiger partial charge < -0.3 is 17.2 Å². The summed E-state index contributed by atoms with van der Waals surface area (Å²) in [7, 11) is 0. The van der Waals surface area contributed by atoms with E-state index in [1.54, 1.807) is 6.20 Å². The van der Waals surface area contributed by atoms with Gasteiger partial charge in [-0.25, -0.2) is 0 Å². The van der Waals surface area contributed by atoms with Crippen LogP contribution < -0.4 is 17.2 Å². The number of nitrogens with one attached hydrogen (secondary N) is 1. The summed E-state index contributed by atoms with van der Waals surface area (Å²) in [5.41, 5.74) is 22.3. The first kappa shape index (κ1) is 24.0. The molecule has 2 aromatic rings. The molecule has 0 aliphatic carbocycles. The summed E-state index contributed by atoms with van der Waals surface area (Å²) in [6.45, 7) is 10.4. The largest absolute Gasteiger partial charge is 0.405 e. The van der Waals surface area contributed by atoms with Crippen LogP contribution in [0.3, 0.4) is 0 Å². The first-order valence-electron chi connectivity index (χ1n) is 8.47. The molecule has 0 spiro atoms. The molecule has 6 heteroatoms. The minimum Gasteiger partial charge on any atom is -0.405 e. The van der Waals surface area contributed by atoms with Crippen molar-refractivity contribution in [3.8, 4) is 0 Å². The maximum Gasteiger partial charge on any atom is 0.0550 e. The Bertz CT molecular complexity index is 652. The number of nitrogens with zero attached hydrogens (tertiary/aromatic N) is 1. The molecule has 144 valence electrons. The molecule has 1 aromatic heterocycles. The number of halogens is 1. The number of hydrogen-bond donors (Lipinski definition) is 4. The van der Waals surface area contributed by atoms with Gasteiger partial charge in [-0.15, -0.1) is 0 Å². The quantitative estimate of drug-likeness (QED) is 0.383. The molecular weight excluding hydrogens is 437 g/mol. The lowest BCUT2D eigenvalue weighted by Gasteiger charge is -2.03. The van der Waals surface area contributed by atoms with Gasteiger partial charge in [0.25, 0.3) is 0 Å². The Labute approximate surface area is 171 Å². The third-order valence-electron chi connectivity index (χ3n) is 3.57. The minimum absolute atomic E-state index is 0.670. The van der Waals surface area contributed by atoms with Crippen LogP contribution in [0.4, 0.5) is 11.4 Å². The lowest BCUT2D eigenvalue weighted by atomic mass is 10.1. The first-order chi connectivity index (χ1) is 12.2. The molecule has 0 aliphatic heterocycles. The molecule has 0 fully saturated rings. The summed E-state index contributed by atoms with van der Waals surface area (Å²) in [6.07, 6.45) is 8.28. The van der Waals surface area contributed by atoms with Gasteiger partial charge in [-0.3, -0.25) is 5.10 Å². The standard InChI is InChI=1S/C8H12N2.C7H11N3.C5H9I/c1-5-3-7(9)8(10)4-6(5)2;1-6-7(3-2-4-8)5-9-10-6;1-5(2)3-4-6/h3-4H,9-10H2,1-2H3;2,4-5H,3,8H2,1H3,(H,9,10);3-5H,1-2H3/b;4-2-;4-3+. The normalized spacial score (nSPS) is 10.6. The molecule has 1 heterocycles. The topological polar surface area (TPSA) is 107 Å². The summed E-state index contributed by atoms with van der Waals surface area (Å²) < 4.78 is 2.04. The van der Waals surface area contributed by atoms with E-state index in [0.29, 0.717) is 17.3 Å². The van der Waals surface area contributed by atoms with E-state index in [1.165, 1.54) is 16.7 Å². The molecule has 0 amide bonds. The number of aromatic nitrogens is 2. The van der Waals surface area contributed by atoms with E-state index in [-0.39, 0.29) is 0 Å². The van der Waals surface area contributed by atoms with Crippen LogP contribution in [-0.4, -0.2) is 10.2 Å². The highest BCUT2D eigenvalue weighted by atomic mass is 127. The number of aromatic amines is 1. The highest BCUT2D eigenvalue weighted by Crippen LogP contribution is 2.19. The lowest BCUT2D eigenvalue weighted by Crippen LogP contribution is -1.96. The van der Waals surface area contributed by atoms with Crippen LogP contribution in [0.5, 0.6) is 0 Å². The van der Waals surface area contributed by atoms with Gasteiger partial charge in [0.1, 0.15) is 0 Å². The molecule has 0 atom stereocenters. The zero-order valence-corrected chi connectivity index (χ0v) is 18.5. The third kappa shape index (κ3) is 10.1. The molecule has 5 nitrogen and oxygen atoms in total. The van der Waals surface area contributed by atoms with Crippen LogP contribution in [0.1, 0.15) is 36.2 Å². The van der Waals surface area contributed by atoms with E-state index in [1.807, 2.05) is 49.3 Å². The van der Waals surface area contributed by atoms with Gasteiger partial charge in [0.05, 0.1) is 17.6 Å². The molecule has 7 N–H and O–H groups in total. The summed E-state index contributed by atoms with van der Waals surface area (Å²) in [5, 5.41) is 6.73. The first-order valence-corrected chi connectivity index (χ1v) is 9.72.